The molecule has 0 saturated heterocycles. The predicted molar refractivity (Wildman–Crippen MR) is 143 cm³/mol. The van der Waals surface area contributed by atoms with Crippen molar-refractivity contribution in [3.05, 3.63) is 83.1 Å². The number of halogens is 1. The van der Waals surface area contributed by atoms with Gasteiger partial charge in [0, 0.05) is 31.9 Å². The Morgan fingerprint density at radius 3 is 2.64 bits per heavy atom. The SMILES string of the molecule is C=C(CO)CCOC1=CC(c2ccc(C3CCC(CC/C=C/C)CC3)c(F)c2)CC(OCCOC)=C1. The third-order valence-corrected chi connectivity index (χ3v) is 7.33. The van der Waals surface area contributed by atoms with E-state index in [2.05, 4.69) is 31.7 Å². The summed E-state index contributed by atoms with van der Waals surface area (Å²) in [6, 6.07) is 5.78. The number of hydrogen-bond acceptors (Lipinski definition) is 4. The van der Waals surface area contributed by atoms with Crippen LogP contribution in [0.4, 0.5) is 4.39 Å². The molecule has 0 radical (unpaired) electrons. The molecule has 2 aliphatic rings. The molecular weight excluding hydrogens is 455 g/mol. The average Bonchev–Trinajstić information content (AvgIpc) is 2.89. The highest BCUT2D eigenvalue weighted by atomic mass is 19.1. The van der Waals surface area contributed by atoms with Crippen molar-refractivity contribution in [2.75, 3.05) is 33.5 Å². The Balaban J connectivity index is 1.66. The molecule has 1 unspecified atom stereocenters. The molecule has 1 saturated carbocycles. The van der Waals surface area contributed by atoms with Crippen LogP contribution in [0.15, 0.2) is 66.2 Å². The summed E-state index contributed by atoms with van der Waals surface area (Å²) >= 11 is 0. The van der Waals surface area contributed by atoms with E-state index < -0.39 is 0 Å². The molecule has 1 aromatic rings. The van der Waals surface area contributed by atoms with Gasteiger partial charge < -0.3 is 19.3 Å². The molecule has 0 aromatic heterocycles. The van der Waals surface area contributed by atoms with Gasteiger partial charge in [-0.05, 0) is 86.1 Å². The van der Waals surface area contributed by atoms with Crippen molar-refractivity contribution in [2.45, 2.75) is 70.1 Å². The van der Waals surface area contributed by atoms with E-state index in [9.17, 15) is 5.11 Å². The van der Waals surface area contributed by atoms with Crippen LogP contribution in [-0.4, -0.2) is 38.6 Å². The minimum absolute atomic E-state index is 0.0329. The fourth-order valence-corrected chi connectivity index (χ4v) is 5.16. The molecule has 2 aliphatic carbocycles. The van der Waals surface area contributed by atoms with E-state index in [-0.39, 0.29) is 18.3 Å². The molecule has 0 bridgehead atoms. The smallest absolute Gasteiger partial charge is 0.126 e. The van der Waals surface area contributed by atoms with Crippen molar-refractivity contribution in [1.82, 2.24) is 0 Å². The lowest BCUT2D eigenvalue weighted by atomic mass is 9.76. The second-order valence-electron chi connectivity index (χ2n) is 9.98. The van der Waals surface area contributed by atoms with Crippen LogP contribution in [0.2, 0.25) is 0 Å². The molecular formula is C31H43FO4. The molecule has 5 heteroatoms. The molecule has 0 aliphatic heterocycles. The second kappa shape index (κ2) is 15.0. The van der Waals surface area contributed by atoms with Crippen molar-refractivity contribution in [3.8, 4) is 0 Å². The topological polar surface area (TPSA) is 47.9 Å². The summed E-state index contributed by atoms with van der Waals surface area (Å²) in [5.74, 6) is 2.45. The molecule has 198 valence electrons. The summed E-state index contributed by atoms with van der Waals surface area (Å²) in [6.07, 6.45) is 16.4. The molecule has 36 heavy (non-hydrogen) atoms. The largest absolute Gasteiger partial charge is 0.495 e. The molecule has 1 fully saturated rings. The first-order valence-corrected chi connectivity index (χ1v) is 13.4. The van der Waals surface area contributed by atoms with Gasteiger partial charge in [0.2, 0.25) is 0 Å². The van der Waals surface area contributed by atoms with Gasteiger partial charge in [-0.1, -0.05) is 30.9 Å². The van der Waals surface area contributed by atoms with Crippen LogP contribution in [0, 0.1) is 11.7 Å². The van der Waals surface area contributed by atoms with Crippen LogP contribution in [-0.2, 0) is 14.2 Å². The number of allylic oxidation sites excluding steroid dienone is 5. The van der Waals surface area contributed by atoms with Gasteiger partial charge in [-0.2, -0.15) is 0 Å². The van der Waals surface area contributed by atoms with Crippen LogP contribution < -0.4 is 0 Å². The Morgan fingerprint density at radius 1 is 1.14 bits per heavy atom. The summed E-state index contributed by atoms with van der Waals surface area (Å²) in [5, 5.41) is 9.17. The Kier molecular flexibility index (Phi) is 11.8. The maximum atomic E-state index is 15.4. The normalized spacial score (nSPS) is 22.3. The predicted octanol–water partition coefficient (Wildman–Crippen LogP) is 7.33. The van der Waals surface area contributed by atoms with Gasteiger partial charge in [-0.3, -0.25) is 0 Å². The lowest BCUT2D eigenvalue weighted by molar-refractivity contribution is 0.103. The van der Waals surface area contributed by atoms with Gasteiger partial charge in [0.15, 0.2) is 0 Å². The summed E-state index contributed by atoms with van der Waals surface area (Å²) in [6.45, 7) is 7.21. The first-order valence-electron chi connectivity index (χ1n) is 13.4. The summed E-state index contributed by atoms with van der Waals surface area (Å²) < 4.78 is 32.3. The van der Waals surface area contributed by atoms with E-state index in [0.717, 1.165) is 47.6 Å². The number of aliphatic hydroxyl groups is 1. The highest BCUT2D eigenvalue weighted by molar-refractivity contribution is 5.36. The van der Waals surface area contributed by atoms with Gasteiger partial charge in [0.1, 0.15) is 23.9 Å². The summed E-state index contributed by atoms with van der Waals surface area (Å²) in [7, 11) is 1.64. The third-order valence-electron chi connectivity index (χ3n) is 7.33. The number of hydrogen-bond donors (Lipinski definition) is 1. The third kappa shape index (κ3) is 8.63. The molecule has 1 N–H and O–H groups in total. The van der Waals surface area contributed by atoms with Crippen LogP contribution in [0.5, 0.6) is 0 Å². The first kappa shape index (κ1) is 28.2. The number of rotatable bonds is 14. The zero-order valence-electron chi connectivity index (χ0n) is 22.0. The molecule has 1 aromatic carbocycles. The Bertz CT molecular complexity index is 925. The van der Waals surface area contributed by atoms with E-state index >= 15 is 4.39 Å². The van der Waals surface area contributed by atoms with Crippen molar-refractivity contribution in [3.63, 3.8) is 0 Å². The van der Waals surface area contributed by atoms with Crippen LogP contribution >= 0.6 is 0 Å². The highest BCUT2D eigenvalue weighted by Gasteiger charge is 2.26. The molecule has 0 amide bonds. The van der Waals surface area contributed by atoms with E-state index in [1.54, 1.807) is 13.2 Å². The standard InChI is InChI=1S/C31H43FO4/c1-4-5-6-7-24-8-10-25(11-9-24)30-13-12-26(20-31(30)32)27-18-28(35-15-14-23(2)22-33)21-29(19-27)36-17-16-34-3/h4-5,12-13,18,20-21,24-25,27,33H,2,6-11,14-17,19,22H2,1,3H3/b5-4+. The first-order chi connectivity index (χ1) is 17.5. The number of ether oxygens (including phenoxy) is 3. The second-order valence-corrected chi connectivity index (χ2v) is 9.98. The van der Waals surface area contributed by atoms with Crippen molar-refractivity contribution in [2.24, 2.45) is 5.92 Å². The van der Waals surface area contributed by atoms with E-state index in [0.29, 0.717) is 44.3 Å². The maximum absolute atomic E-state index is 15.4. The molecule has 3 rings (SSSR count). The fraction of sp³-hybridized carbons (Fsp3) is 0.548. The van der Waals surface area contributed by atoms with Crippen LogP contribution in [0.3, 0.4) is 0 Å². The summed E-state index contributed by atoms with van der Waals surface area (Å²) in [5.41, 5.74) is 2.52. The minimum Gasteiger partial charge on any atom is -0.495 e. The average molecular weight is 499 g/mol. The van der Waals surface area contributed by atoms with Crippen molar-refractivity contribution < 1.29 is 23.7 Å². The maximum Gasteiger partial charge on any atom is 0.126 e. The Morgan fingerprint density at radius 2 is 1.94 bits per heavy atom. The lowest BCUT2D eigenvalue weighted by Crippen LogP contribution is -2.15. The monoisotopic (exact) mass is 498 g/mol. The van der Waals surface area contributed by atoms with E-state index in [4.69, 9.17) is 14.2 Å². The van der Waals surface area contributed by atoms with Gasteiger partial charge in [0.05, 0.1) is 19.8 Å². The van der Waals surface area contributed by atoms with Crippen LogP contribution in [0.25, 0.3) is 0 Å². The Hall–Kier alpha value is -2.37. The lowest BCUT2D eigenvalue weighted by Gasteiger charge is -2.29. The Labute approximate surface area is 216 Å². The van der Waals surface area contributed by atoms with Gasteiger partial charge >= 0.3 is 0 Å². The molecule has 4 nitrogen and oxygen atoms in total. The van der Waals surface area contributed by atoms with E-state index in [1.807, 2.05) is 18.2 Å². The van der Waals surface area contributed by atoms with Crippen LogP contribution in [0.1, 0.15) is 81.3 Å². The minimum atomic E-state index is -0.101. The van der Waals surface area contributed by atoms with Crippen molar-refractivity contribution in [1.29, 1.82) is 0 Å². The molecule has 1 atom stereocenters. The van der Waals surface area contributed by atoms with Gasteiger partial charge in [0.25, 0.3) is 0 Å². The van der Waals surface area contributed by atoms with Gasteiger partial charge in [-0.25, -0.2) is 4.39 Å². The van der Waals surface area contributed by atoms with Gasteiger partial charge in [-0.15, -0.1) is 0 Å². The number of methoxy groups -OCH3 is 1. The number of benzene rings is 1. The quantitative estimate of drug-likeness (QED) is 0.215. The fourth-order valence-electron chi connectivity index (χ4n) is 5.16. The van der Waals surface area contributed by atoms with E-state index in [1.165, 1.54) is 19.3 Å². The summed E-state index contributed by atoms with van der Waals surface area (Å²) in [4.78, 5) is 0. The zero-order chi connectivity index (χ0) is 25.8. The van der Waals surface area contributed by atoms with Crippen molar-refractivity contribution >= 4 is 0 Å². The zero-order valence-corrected chi connectivity index (χ0v) is 22.0. The molecule has 0 heterocycles. The highest BCUT2D eigenvalue weighted by Crippen LogP contribution is 2.40. The molecule has 0 spiro atoms. The number of aliphatic hydroxyl groups excluding tert-OH is 1.